The van der Waals surface area contributed by atoms with Crippen molar-refractivity contribution in [1.82, 2.24) is 14.9 Å². The third-order valence-corrected chi connectivity index (χ3v) is 6.27. The highest BCUT2D eigenvalue weighted by Gasteiger charge is 2.50. The maximum atomic E-state index is 10.6. The van der Waals surface area contributed by atoms with Gasteiger partial charge in [0.25, 0.3) is 0 Å². The number of halogens is 6. The molecule has 2 aliphatic heterocycles. The second kappa shape index (κ2) is 13.3. The van der Waals surface area contributed by atoms with Crippen molar-refractivity contribution in [1.29, 1.82) is 0 Å². The molecule has 4 heterocycles. The number of thiazole rings is 1. The van der Waals surface area contributed by atoms with Gasteiger partial charge in [0.2, 0.25) is 0 Å². The van der Waals surface area contributed by atoms with Crippen molar-refractivity contribution < 1.29 is 55.6 Å². The van der Waals surface area contributed by atoms with E-state index in [1.807, 2.05) is 36.7 Å². The molecule has 38 heavy (non-hydrogen) atoms. The molecule has 0 radical (unpaired) electrons. The first kappa shape index (κ1) is 31.4. The summed E-state index contributed by atoms with van der Waals surface area (Å²) in [7, 11) is 0. The first-order valence-corrected chi connectivity index (χ1v) is 11.8. The monoisotopic (exact) mass is 573 g/mol. The number of aromatic nitrogens is 2. The van der Waals surface area contributed by atoms with Crippen LogP contribution in [0.5, 0.6) is 0 Å². The number of carboxylic acids is 2. The van der Waals surface area contributed by atoms with Gasteiger partial charge in [-0.1, -0.05) is 6.07 Å². The van der Waals surface area contributed by atoms with Gasteiger partial charge in [0.15, 0.2) is 0 Å². The van der Waals surface area contributed by atoms with Gasteiger partial charge in [0.1, 0.15) is 5.01 Å². The highest BCUT2D eigenvalue weighted by Crippen LogP contribution is 2.42. The first-order chi connectivity index (χ1) is 17.6. The Hall–Kier alpha value is -2.82. The molecule has 2 aromatic heterocycles. The molecule has 2 aliphatic rings. The van der Waals surface area contributed by atoms with E-state index in [-0.39, 0.29) is 5.41 Å². The van der Waals surface area contributed by atoms with E-state index in [1.54, 1.807) is 11.3 Å². The van der Waals surface area contributed by atoms with E-state index >= 15 is 0 Å². The number of nitrogens with zero attached hydrogens (tertiary/aromatic N) is 3. The molecule has 0 bridgehead atoms. The molecule has 0 saturated carbocycles. The summed E-state index contributed by atoms with van der Waals surface area (Å²) in [5, 5.41) is 17.5. The lowest BCUT2D eigenvalue weighted by Crippen LogP contribution is -2.35. The molecule has 16 heteroatoms. The van der Waals surface area contributed by atoms with Gasteiger partial charge < -0.3 is 19.7 Å². The van der Waals surface area contributed by atoms with Crippen molar-refractivity contribution in [2.45, 2.75) is 32.4 Å². The SMILES string of the molecule is Cc1cccc(COC[C@]23COC[C@H]2CN(Cc2nccs2)C3)n1.O=C(O)C(F)(F)F.O=C(O)C(F)(F)F. The van der Waals surface area contributed by atoms with Crippen molar-refractivity contribution in [3.63, 3.8) is 0 Å². The van der Waals surface area contributed by atoms with Crippen LogP contribution < -0.4 is 0 Å². The van der Waals surface area contributed by atoms with Crippen molar-refractivity contribution >= 4 is 23.3 Å². The number of ether oxygens (including phenoxy) is 2. The number of hydrogen-bond acceptors (Lipinski definition) is 8. The molecule has 0 unspecified atom stereocenters. The topological polar surface area (TPSA) is 122 Å². The molecule has 0 aliphatic carbocycles. The minimum absolute atomic E-state index is 0.126. The van der Waals surface area contributed by atoms with Crippen LogP contribution in [0.25, 0.3) is 0 Å². The molecular formula is C22H25F6N3O6S. The van der Waals surface area contributed by atoms with Crippen molar-refractivity contribution in [2.75, 3.05) is 32.9 Å². The molecular weight excluding hydrogens is 548 g/mol. The van der Waals surface area contributed by atoms with Gasteiger partial charge in [-0.25, -0.2) is 14.6 Å². The average Bonchev–Trinajstić information content (AvgIpc) is 3.50. The number of aliphatic carboxylic acids is 2. The molecule has 9 nitrogen and oxygen atoms in total. The number of pyridine rings is 1. The Morgan fingerprint density at radius 3 is 2.34 bits per heavy atom. The predicted octanol–water partition coefficient (Wildman–Crippen LogP) is 3.78. The summed E-state index contributed by atoms with van der Waals surface area (Å²) >= 11 is 1.73. The summed E-state index contributed by atoms with van der Waals surface area (Å²) in [4.78, 5) is 29.2. The van der Waals surface area contributed by atoms with Crippen molar-refractivity contribution in [2.24, 2.45) is 11.3 Å². The van der Waals surface area contributed by atoms with E-state index < -0.39 is 24.3 Å². The van der Waals surface area contributed by atoms with Crippen LogP contribution in [0.3, 0.4) is 0 Å². The van der Waals surface area contributed by atoms with Crippen LogP contribution in [0.2, 0.25) is 0 Å². The molecule has 4 rings (SSSR count). The van der Waals surface area contributed by atoms with Crippen LogP contribution in [0.4, 0.5) is 26.3 Å². The fraction of sp³-hybridized carbons (Fsp3) is 0.545. The zero-order valence-corrected chi connectivity index (χ0v) is 20.8. The van der Waals surface area contributed by atoms with Gasteiger partial charge in [0, 0.05) is 41.7 Å². The van der Waals surface area contributed by atoms with Gasteiger partial charge in [-0.05, 0) is 19.1 Å². The normalized spacial score (nSPS) is 21.1. The molecule has 2 aromatic rings. The molecule has 0 spiro atoms. The fourth-order valence-corrected chi connectivity index (χ4v) is 4.49. The van der Waals surface area contributed by atoms with Gasteiger partial charge in [0.05, 0.1) is 38.7 Å². The van der Waals surface area contributed by atoms with Gasteiger partial charge >= 0.3 is 24.3 Å². The number of hydrogen-bond donors (Lipinski definition) is 2. The summed E-state index contributed by atoms with van der Waals surface area (Å²) in [6, 6.07) is 6.07. The number of likely N-dealkylation sites (tertiary alicyclic amines) is 1. The second-order valence-corrected chi connectivity index (χ2v) is 9.52. The van der Waals surface area contributed by atoms with Gasteiger partial charge in [-0.3, -0.25) is 9.88 Å². The average molecular weight is 574 g/mol. The molecule has 2 atom stereocenters. The third kappa shape index (κ3) is 9.81. The lowest BCUT2D eigenvalue weighted by Gasteiger charge is -2.27. The molecule has 0 amide bonds. The smallest absolute Gasteiger partial charge is 0.475 e. The van der Waals surface area contributed by atoms with Crippen LogP contribution in [-0.2, 0) is 32.2 Å². The maximum absolute atomic E-state index is 10.6. The van der Waals surface area contributed by atoms with E-state index in [1.165, 1.54) is 5.01 Å². The minimum atomic E-state index is -5.08. The first-order valence-electron chi connectivity index (χ1n) is 10.9. The molecule has 2 fully saturated rings. The lowest BCUT2D eigenvalue weighted by atomic mass is 9.82. The molecule has 212 valence electrons. The lowest BCUT2D eigenvalue weighted by molar-refractivity contribution is -0.193. The summed E-state index contributed by atoms with van der Waals surface area (Å²) in [5.41, 5.74) is 2.16. The van der Waals surface area contributed by atoms with Crippen molar-refractivity contribution in [3.05, 3.63) is 46.2 Å². The second-order valence-electron chi connectivity index (χ2n) is 8.54. The van der Waals surface area contributed by atoms with Gasteiger partial charge in [-0.15, -0.1) is 11.3 Å². The predicted molar refractivity (Wildman–Crippen MR) is 120 cm³/mol. The Bertz CT molecular complexity index is 1030. The van der Waals surface area contributed by atoms with Gasteiger partial charge in [-0.2, -0.15) is 26.3 Å². The number of rotatable bonds is 6. The number of aryl methyl sites for hydroxylation is 1. The maximum Gasteiger partial charge on any atom is 0.490 e. The minimum Gasteiger partial charge on any atom is -0.475 e. The molecule has 0 aromatic carbocycles. The highest BCUT2D eigenvalue weighted by molar-refractivity contribution is 7.09. The number of alkyl halides is 6. The van der Waals surface area contributed by atoms with Crippen LogP contribution in [0.15, 0.2) is 29.8 Å². The number of carbonyl (C=O) groups is 2. The Labute approximate surface area is 217 Å². The van der Waals surface area contributed by atoms with Crippen LogP contribution in [0.1, 0.15) is 16.4 Å². The van der Waals surface area contributed by atoms with Crippen molar-refractivity contribution in [3.8, 4) is 0 Å². The van der Waals surface area contributed by atoms with Crippen LogP contribution in [-0.4, -0.2) is 82.3 Å². The number of carboxylic acid groups (broad SMARTS) is 2. The Kier molecular flexibility index (Phi) is 11.0. The van der Waals surface area contributed by atoms with Crippen LogP contribution >= 0.6 is 11.3 Å². The zero-order chi connectivity index (χ0) is 28.6. The standard InChI is InChI=1S/C18H23N3O2S.2C2HF3O2/c1-14-3-2-4-16(20-14)10-23-13-18-11-21(7-15(18)9-22-12-18)8-17-19-5-6-24-17;2*3-2(4,5)1(6)7/h2-6,15H,7-13H2,1H3;2*(H,6,7)/t15-,18+;;/m1../s1. The Morgan fingerprint density at radius 2 is 1.82 bits per heavy atom. The van der Waals surface area contributed by atoms with E-state index in [0.717, 1.165) is 50.8 Å². The summed E-state index contributed by atoms with van der Waals surface area (Å²) in [6.45, 7) is 8.01. The van der Waals surface area contributed by atoms with E-state index in [0.29, 0.717) is 12.5 Å². The summed E-state index contributed by atoms with van der Waals surface area (Å²) in [6.07, 6.45) is -8.28. The Balaban J connectivity index is 0.000000301. The van der Waals surface area contributed by atoms with E-state index in [2.05, 4.69) is 14.9 Å². The van der Waals surface area contributed by atoms with E-state index in [9.17, 15) is 26.3 Å². The molecule has 2 saturated heterocycles. The summed E-state index contributed by atoms with van der Waals surface area (Å²) in [5.74, 6) is -4.96. The highest BCUT2D eigenvalue weighted by atomic mass is 32.1. The Morgan fingerprint density at radius 1 is 1.18 bits per heavy atom. The van der Waals surface area contributed by atoms with Crippen LogP contribution in [0, 0.1) is 18.3 Å². The zero-order valence-electron chi connectivity index (χ0n) is 20.0. The van der Waals surface area contributed by atoms with E-state index in [4.69, 9.17) is 29.3 Å². The molecule has 2 N–H and O–H groups in total. The fourth-order valence-electron chi connectivity index (χ4n) is 3.83. The largest absolute Gasteiger partial charge is 0.490 e. The summed E-state index contributed by atoms with van der Waals surface area (Å²) < 4.78 is 75.3. The number of fused-ring (bicyclic) bond motifs is 1. The third-order valence-electron chi connectivity index (χ3n) is 5.50. The quantitative estimate of drug-likeness (QED) is 0.498.